The van der Waals surface area contributed by atoms with Crippen molar-refractivity contribution in [1.82, 2.24) is 15.3 Å². The Bertz CT molecular complexity index is 2510. The molecule has 0 radical (unpaired) electrons. The molecule has 10 atom stereocenters. The van der Waals surface area contributed by atoms with E-state index >= 15 is 0 Å². The highest BCUT2D eigenvalue weighted by Crippen LogP contribution is 2.67. The summed E-state index contributed by atoms with van der Waals surface area (Å²) in [5, 5.41) is 3.01. The Morgan fingerprint density at radius 3 is 2.06 bits per heavy atom. The fourth-order valence-electron chi connectivity index (χ4n) is 15.0. The van der Waals surface area contributed by atoms with Gasteiger partial charge in [0, 0.05) is 19.9 Å². The lowest BCUT2D eigenvalue weighted by Crippen LogP contribution is -2.54. The lowest BCUT2D eigenvalue weighted by molar-refractivity contribution is -0.243. The monoisotopic (exact) mass is 1080 g/mol. The van der Waals surface area contributed by atoms with Gasteiger partial charge in [-0.05, 0) is 139 Å². The quantitative estimate of drug-likeness (QED) is 0.0452. The van der Waals surface area contributed by atoms with Crippen LogP contribution in [0.2, 0.25) is 0 Å². The van der Waals surface area contributed by atoms with Gasteiger partial charge in [0.2, 0.25) is 11.8 Å². The molecule has 4 aliphatic carbocycles. The lowest BCUT2D eigenvalue weighted by atomic mass is 9.47. The van der Waals surface area contributed by atoms with Crippen LogP contribution in [0.4, 0.5) is 13.2 Å². The van der Waals surface area contributed by atoms with Gasteiger partial charge in [0.05, 0.1) is 58.9 Å². The normalized spacial score (nSPS) is 27.2. The van der Waals surface area contributed by atoms with Crippen LogP contribution in [0.3, 0.4) is 0 Å². The number of amides is 3. The topological polar surface area (TPSA) is 133 Å². The third kappa shape index (κ3) is 12.5. The van der Waals surface area contributed by atoms with Crippen LogP contribution < -0.4 is 14.8 Å². The Morgan fingerprint density at radius 1 is 0.795 bits per heavy atom. The third-order valence-corrected chi connectivity index (χ3v) is 19.1. The summed E-state index contributed by atoms with van der Waals surface area (Å²) in [5.41, 5.74) is 2.26. The van der Waals surface area contributed by atoms with Crippen LogP contribution in [0.1, 0.15) is 148 Å². The fraction of sp³-hybridized carbons (Fsp3) is 0.619. The molecule has 12 nitrogen and oxygen atoms in total. The van der Waals surface area contributed by atoms with Crippen molar-refractivity contribution in [2.45, 2.75) is 161 Å². The molecule has 1 heterocycles. The van der Waals surface area contributed by atoms with E-state index in [1.54, 1.807) is 14.2 Å². The summed E-state index contributed by atoms with van der Waals surface area (Å²) in [6.45, 7) is 11.3. The molecule has 1 N–H and O–H groups in total. The van der Waals surface area contributed by atoms with Crippen LogP contribution in [0, 0.1) is 46.3 Å². The van der Waals surface area contributed by atoms with Gasteiger partial charge in [0.1, 0.15) is 23.2 Å². The van der Waals surface area contributed by atoms with E-state index in [-0.39, 0.29) is 56.6 Å². The minimum atomic E-state index is -5.21. The molecule has 426 valence electrons. The number of nitrogens with zero attached hydrogens (tertiary/aromatic N) is 2. The molecule has 5 aliphatic rings. The Morgan fingerprint density at radius 2 is 1.45 bits per heavy atom. The number of hydroxylamine groups is 2. The van der Waals surface area contributed by atoms with Gasteiger partial charge in [0.15, 0.2) is 0 Å². The van der Waals surface area contributed by atoms with Crippen molar-refractivity contribution in [2.75, 3.05) is 41.0 Å². The number of likely N-dealkylation sites (tertiary alicyclic amines) is 1. The number of halogens is 3. The van der Waals surface area contributed by atoms with Crippen molar-refractivity contribution in [3.8, 4) is 11.5 Å². The fourth-order valence-corrected chi connectivity index (χ4v) is 15.0. The van der Waals surface area contributed by atoms with Crippen LogP contribution in [0.25, 0.3) is 0 Å². The molecule has 3 saturated carbocycles. The second-order valence-corrected chi connectivity index (χ2v) is 23.9. The standard InChI is InChI=1S/C63H84F3N3O9/c1-41(2)13-12-14-42(3)53-27-28-54-52-26-21-46-37-47(31-34-60(46,4)55(52)32-35-61(53,54)5)69(59(73)63(64,65)66)77-36-33-57(71)68-39-51(78-58(72)30-29-56(70)67-6)38-48(68)40-76-62(43-15-10-9-11-16-43,44-17-22-49(74-7)23-18-44)45-19-24-50(75-8)25-20-45/h9-11,15-25,41-42,47-48,51-55H,12-14,26-40H2,1-8H3,(H,67,70)/t42-,47?,48+,51-,52?,53-,54?,55?,60+,61-/m1/s1. The number of ether oxygens (including phenoxy) is 4. The average Bonchev–Trinajstić information content (AvgIpc) is 4.18. The largest absolute Gasteiger partial charge is 0.497 e. The van der Waals surface area contributed by atoms with Gasteiger partial charge in [0.25, 0.3) is 0 Å². The van der Waals surface area contributed by atoms with Crippen molar-refractivity contribution in [3.63, 3.8) is 0 Å². The second kappa shape index (κ2) is 24.9. The SMILES string of the molecule is CNC(=O)CCC(=O)O[C@@H]1C[C@@H](COC(c2ccccc2)(c2ccc(OC)cc2)c2ccc(OC)cc2)N(C(=O)CCON(C(=O)C(F)(F)F)C2CC[C@@]3(C)C(=CCC4C3CC[C@@]3(C)C4CC[C@@H]3[C@H](C)CCCC(C)C)C2)C1. The van der Waals surface area contributed by atoms with E-state index in [1.165, 1.54) is 50.5 Å². The molecule has 3 aromatic rings. The molecule has 3 aromatic carbocycles. The maximum Gasteiger partial charge on any atom is 0.473 e. The minimum absolute atomic E-state index is 0.0390. The molecule has 4 unspecified atom stereocenters. The molecule has 0 bridgehead atoms. The first-order chi connectivity index (χ1) is 37.2. The number of esters is 1. The van der Waals surface area contributed by atoms with E-state index in [2.05, 4.69) is 46.0 Å². The predicted molar refractivity (Wildman–Crippen MR) is 292 cm³/mol. The Hall–Kier alpha value is -5.41. The maximum absolute atomic E-state index is 14.6. The molecule has 8 rings (SSSR count). The van der Waals surface area contributed by atoms with Crippen LogP contribution in [0.5, 0.6) is 11.5 Å². The molecule has 1 saturated heterocycles. The number of benzene rings is 3. The summed E-state index contributed by atoms with van der Waals surface area (Å²) >= 11 is 0. The molecule has 78 heavy (non-hydrogen) atoms. The highest BCUT2D eigenvalue weighted by Gasteiger charge is 2.60. The van der Waals surface area contributed by atoms with Gasteiger partial charge in [-0.3, -0.25) is 24.0 Å². The molecule has 0 aromatic heterocycles. The zero-order valence-electron chi connectivity index (χ0n) is 47.2. The summed E-state index contributed by atoms with van der Waals surface area (Å²) < 4.78 is 67.8. The first kappa shape index (κ1) is 58.7. The number of fused-ring (bicyclic) bond motifs is 5. The van der Waals surface area contributed by atoms with Crippen molar-refractivity contribution in [3.05, 3.63) is 107 Å². The second-order valence-electron chi connectivity index (χ2n) is 23.9. The van der Waals surface area contributed by atoms with E-state index in [9.17, 15) is 32.3 Å². The molecule has 0 spiro atoms. The minimum Gasteiger partial charge on any atom is -0.497 e. The highest BCUT2D eigenvalue weighted by molar-refractivity contribution is 5.82. The van der Waals surface area contributed by atoms with Crippen molar-refractivity contribution in [2.24, 2.45) is 46.3 Å². The number of alkyl halides is 3. The number of nitrogens with one attached hydrogen (secondary N) is 1. The average molecular weight is 1080 g/mol. The van der Waals surface area contributed by atoms with E-state index in [4.69, 9.17) is 23.8 Å². The van der Waals surface area contributed by atoms with Crippen LogP contribution in [-0.2, 0) is 39.1 Å². The summed E-state index contributed by atoms with van der Waals surface area (Å²) in [5.74, 6) is 1.45. The van der Waals surface area contributed by atoms with Gasteiger partial charge in [-0.1, -0.05) is 120 Å². The highest BCUT2D eigenvalue weighted by atomic mass is 19.4. The number of rotatable bonds is 22. The molecular formula is C63H84F3N3O9. The molecule has 15 heteroatoms. The number of allylic oxidation sites excluding steroid dienone is 1. The van der Waals surface area contributed by atoms with Crippen molar-refractivity contribution in [1.29, 1.82) is 0 Å². The number of carbonyl (C=O) groups excluding carboxylic acids is 4. The lowest BCUT2D eigenvalue weighted by Gasteiger charge is -2.59. The predicted octanol–water partition coefficient (Wildman–Crippen LogP) is 12.2. The summed E-state index contributed by atoms with van der Waals surface area (Å²) in [6.07, 6.45) is 6.58. The van der Waals surface area contributed by atoms with E-state index in [0.717, 1.165) is 35.1 Å². The van der Waals surface area contributed by atoms with Crippen LogP contribution in [0.15, 0.2) is 90.5 Å². The first-order valence-corrected chi connectivity index (χ1v) is 28.7. The van der Waals surface area contributed by atoms with Gasteiger partial charge >= 0.3 is 18.1 Å². The maximum atomic E-state index is 14.6. The molecular weight excluding hydrogens is 1000 g/mol. The van der Waals surface area contributed by atoms with E-state index < -0.39 is 54.4 Å². The zero-order chi connectivity index (χ0) is 56.0. The number of hydrogen-bond donors (Lipinski definition) is 1. The summed E-state index contributed by atoms with van der Waals surface area (Å²) in [6, 6.07) is 23.1. The van der Waals surface area contributed by atoms with Gasteiger partial charge in [-0.25, -0.2) is 5.06 Å². The third-order valence-electron chi connectivity index (χ3n) is 19.1. The Labute approximate surface area is 460 Å². The van der Waals surface area contributed by atoms with Crippen LogP contribution in [-0.4, -0.2) is 99.0 Å². The van der Waals surface area contributed by atoms with Gasteiger partial charge < -0.3 is 29.2 Å². The Kier molecular flexibility index (Phi) is 18.8. The number of carbonyl (C=O) groups is 4. The van der Waals surface area contributed by atoms with Crippen molar-refractivity contribution < 1.29 is 56.1 Å². The zero-order valence-corrected chi connectivity index (χ0v) is 47.2. The summed E-state index contributed by atoms with van der Waals surface area (Å²) in [7, 11) is 4.65. The number of methoxy groups -OCH3 is 2. The molecule has 4 fully saturated rings. The Balaban J connectivity index is 0.998. The van der Waals surface area contributed by atoms with Gasteiger partial charge in [-0.15, -0.1) is 0 Å². The summed E-state index contributed by atoms with van der Waals surface area (Å²) in [4.78, 5) is 60.5. The van der Waals surface area contributed by atoms with Crippen molar-refractivity contribution >= 4 is 23.7 Å². The van der Waals surface area contributed by atoms with E-state index in [0.29, 0.717) is 70.3 Å². The molecule has 3 amide bonds. The van der Waals surface area contributed by atoms with E-state index in [1.807, 2.05) is 78.9 Å². The van der Waals surface area contributed by atoms with Crippen LogP contribution >= 0.6 is 0 Å². The molecule has 1 aliphatic heterocycles. The first-order valence-electron chi connectivity index (χ1n) is 28.7. The van der Waals surface area contributed by atoms with Gasteiger partial charge in [-0.2, -0.15) is 13.2 Å². The number of hydrogen-bond acceptors (Lipinski definition) is 9. The smallest absolute Gasteiger partial charge is 0.473 e.